The minimum absolute atomic E-state index is 0.350. The molecule has 2 aromatic rings. The molecule has 2 rings (SSSR count). The van der Waals surface area contributed by atoms with Gasteiger partial charge in [-0.25, -0.2) is 0 Å². The lowest BCUT2D eigenvalue weighted by atomic mass is 10.1. The summed E-state index contributed by atoms with van der Waals surface area (Å²) in [5, 5.41) is 3.68. The number of benzene rings is 1. The Hall–Kier alpha value is -0.940. The van der Waals surface area contributed by atoms with Crippen molar-refractivity contribution in [2.24, 2.45) is 0 Å². The molecule has 0 bridgehead atoms. The molecule has 2 N–H and O–H groups in total. The van der Waals surface area contributed by atoms with E-state index in [1.54, 1.807) is 18.0 Å². The molecular weight excluding hydrogens is 276 g/mol. The molecule has 0 radical (unpaired) electrons. The van der Waals surface area contributed by atoms with Gasteiger partial charge in [-0.3, -0.25) is 0 Å². The smallest absolute Gasteiger partial charge is 0.229 e. The van der Waals surface area contributed by atoms with Gasteiger partial charge in [0.15, 0.2) is 0 Å². The van der Waals surface area contributed by atoms with Crippen molar-refractivity contribution in [2.75, 3.05) is 12.0 Å². The number of nitrogens with zero attached hydrogens (tertiary/aromatic N) is 1. The number of hydrogen-bond acceptors (Lipinski definition) is 4. The van der Waals surface area contributed by atoms with E-state index < -0.39 is 0 Å². The summed E-state index contributed by atoms with van der Waals surface area (Å²) in [6.45, 7) is 0. The predicted octanol–water partition coefficient (Wildman–Crippen LogP) is 3.41. The summed E-state index contributed by atoms with van der Waals surface area (Å²) in [4.78, 5) is 1.15. The van der Waals surface area contributed by atoms with Gasteiger partial charge in [-0.15, -0.1) is 11.8 Å². The van der Waals surface area contributed by atoms with Crippen molar-refractivity contribution in [2.45, 2.75) is 4.90 Å². The predicted molar refractivity (Wildman–Crippen MR) is 65.8 cm³/mol. The third kappa shape index (κ3) is 2.03. The van der Waals surface area contributed by atoms with Crippen LogP contribution in [0.15, 0.2) is 38.3 Å². The van der Waals surface area contributed by atoms with E-state index in [-0.39, 0.29) is 0 Å². The highest BCUT2D eigenvalue weighted by Crippen LogP contribution is 2.35. The first kappa shape index (κ1) is 10.6. The Bertz CT molecular complexity index is 484. The molecule has 3 nitrogen and oxygen atoms in total. The van der Waals surface area contributed by atoms with Gasteiger partial charge in [-0.1, -0.05) is 21.1 Å². The van der Waals surface area contributed by atoms with E-state index in [1.807, 2.05) is 24.5 Å². The van der Waals surface area contributed by atoms with Crippen LogP contribution in [-0.4, -0.2) is 11.4 Å². The second-order valence-electron chi connectivity index (χ2n) is 2.95. The number of halogens is 1. The van der Waals surface area contributed by atoms with Gasteiger partial charge in [-0.05, 0) is 24.5 Å². The van der Waals surface area contributed by atoms with Crippen molar-refractivity contribution < 1.29 is 4.52 Å². The second-order valence-corrected chi connectivity index (χ2v) is 4.71. The number of nitrogens with two attached hydrogens (primary N) is 1. The molecule has 0 atom stereocenters. The van der Waals surface area contributed by atoms with Gasteiger partial charge in [0.1, 0.15) is 0 Å². The van der Waals surface area contributed by atoms with Gasteiger partial charge in [0.05, 0.1) is 11.8 Å². The number of hydrogen-bond donors (Lipinski definition) is 1. The zero-order chi connectivity index (χ0) is 10.8. The SMILES string of the molecule is CSc1ccc(Br)cc1-c1cnoc1N. The van der Waals surface area contributed by atoms with Crippen molar-refractivity contribution in [3.05, 3.63) is 28.9 Å². The van der Waals surface area contributed by atoms with E-state index in [0.29, 0.717) is 5.88 Å². The number of rotatable bonds is 2. The first-order chi connectivity index (χ1) is 7.22. The van der Waals surface area contributed by atoms with Crippen LogP contribution >= 0.6 is 27.7 Å². The van der Waals surface area contributed by atoms with Gasteiger partial charge in [-0.2, -0.15) is 0 Å². The number of anilines is 1. The molecule has 0 aliphatic carbocycles. The molecule has 0 saturated carbocycles. The van der Waals surface area contributed by atoms with Crippen LogP contribution in [0.4, 0.5) is 5.88 Å². The highest BCUT2D eigenvalue weighted by molar-refractivity contribution is 9.10. The molecule has 1 aromatic carbocycles. The van der Waals surface area contributed by atoms with Gasteiger partial charge in [0.25, 0.3) is 0 Å². The standard InChI is InChI=1S/C10H9BrN2OS/c1-15-9-3-2-6(11)4-7(9)8-5-13-14-10(8)12/h2-5H,12H2,1H3. The largest absolute Gasteiger partial charge is 0.367 e. The summed E-state index contributed by atoms with van der Waals surface area (Å²) in [5.41, 5.74) is 7.56. The first-order valence-corrected chi connectivity index (χ1v) is 6.28. The zero-order valence-electron chi connectivity index (χ0n) is 8.03. The Labute approximate surface area is 100 Å². The lowest BCUT2D eigenvalue weighted by Crippen LogP contribution is -1.87. The molecule has 1 heterocycles. The van der Waals surface area contributed by atoms with Crippen LogP contribution in [0.25, 0.3) is 11.1 Å². The fraction of sp³-hybridized carbons (Fsp3) is 0.100. The lowest BCUT2D eigenvalue weighted by molar-refractivity contribution is 0.436. The lowest BCUT2D eigenvalue weighted by Gasteiger charge is -2.05. The Morgan fingerprint density at radius 3 is 2.80 bits per heavy atom. The van der Waals surface area contributed by atoms with Gasteiger partial charge in [0.2, 0.25) is 5.88 Å². The monoisotopic (exact) mass is 284 g/mol. The summed E-state index contributed by atoms with van der Waals surface area (Å²) >= 11 is 5.10. The van der Waals surface area contributed by atoms with Crippen molar-refractivity contribution in [1.82, 2.24) is 5.16 Å². The Morgan fingerprint density at radius 1 is 1.40 bits per heavy atom. The minimum atomic E-state index is 0.350. The third-order valence-electron chi connectivity index (χ3n) is 2.05. The van der Waals surface area contributed by atoms with Gasteiger partial charge >= 0.3 is 0 Å². The van der Waals surface area contributed by atoms with Crippen LogP contribution in [0.5, 0.6) is 0 Å². The molecule has 78 valence electrons. The number of aromatic nitrogens is 1. The summed E-state index contributed by atoms with van der Waals surface area (Å²) in [6, 6.07) is 6.05. The van der Waals surface area contributed by atoms with Crippen molar-refractivity contribution in [3.63, 3.8) is 0 Å². The fourth-order valence-corrected chi connectivity index (χ4v) is 2.30. The van der Waals surface area contributed by atoms with Gasteiger partial charge in [0, 0.05) is 14.9 Å². The van der Waals surface area contributed by atoms with E-state index in [9.17, 15) is 0 Å². The fourth-order valence-electron chi connectivity index (χ4n) is 1.34. The van der Waals surface area contributed by atoms with Crippen LogP contribution in [0.1, 0.15) is 0 Å². The molecule has 15 heavy (non-hydrogen) atoms. The van der Waals surface area contributed by atoms with E-state index in [2.05, 4.69) is 21.1 Å². The summed E-state index contributed by atoms with van der Waals surface area (Å²) < 4.78 is 5.87. The molecule has 1 aromatic heterocycles. The highest BCUT2D eigenvalue weighted by atomic mass is 79.9. The van der Waals surface area contributed by atoms with Crippen LogP contribution in [0.3, 0.4) is 0 Å². The highest BCUT2D eigenvalue weighted by Gasteiger charge is 2.11. The topological polar surface area (TPSA) is 52.0 Å². The van der Waals surface area contributed by atoms with E-state index in [4.69, 9.17) is 10.3 Å². The second kappa shape index (κ2) is 4.28. The molecule has 0 spiro atoms. The molecule has 0 aliphatic heterocycles. The van der Waals surface area contributed by atoms with Crippen LogP contribution in [-0.2, 0) is 0 Å². The molecule has 0 amide bonds. The maximum Gasteiger partial charge on any atom is 0.229 e. The Morgan fingerprint density at radius 2 is 2.20 bits per heavy atom. The molecular formula is C10H9BrN2OS. The van der Waals surface area contributed by atoms with Crippen LogP contribution in [0, 0.1) is 0 Å². The van der Waals surface area contributed by atoms with Crippen molar-refractivity contribution >= 4 is 33.6 Å². The van der Waals surface area contributed by atoms with E-state index in [1.165, 1.54) is 0 Å². The van der Waals surface area contributed by atoms with Gasteiger partial charge < -0.3 is 10.3 Å². The zero-order valence-corrected chi connectivity index (χ0v) is 10.4. The summed E-state index contributed by atoms with van der Waals surface area (Å²) in [5.74, 6) is 0.350. The molecule has 0 aliphatic rings. The Balaban J connectivity index is 2.60. The van der Waals surface area contributed by atoms with E-state index >= 15 is 0 Å². The first-order valence-electron chi connectivity index (χ1n) is 4.26. The molecule has 0 saturated heterocycles. The normalized spacial score (nSPS) is 10.5. The Kier molecular flexibility index (Phi) is 3.02. The van der Waals surface area contributed by atoms with Crippen molar-refractivity contribution in [1.29, 1.82) is 0 Å². The number of thioether (sulfide) groups is 1. The van der Waals surface area contributed by atoms with Crippen LogP contribution < -0.4 is 5.73 Å². The molecule has 0 fully saturated rings. The minimum Gasteiger partial charge on any atom is -0.367 e. The summed E-state index contributed by atoms with van der Waals surface area (Å²) in [6.07, 6.45) is 3.66. The van der Waals surface area contributed by atoms with Crippen LogP contribution in [0.2, 0.25) is 0 Å². The van der Waals surface area contributed by atoms with E-state index in [0.717, 1.165) is 20.5 Å². The quantitative estimate of drug-likeness (QED) is 0.859. The number of nitrogen functional groups attached to an aromatic ring is 1. The summed E-state index contributed by atoms with van der Waals surface area (Å²) in [7, 11) is 0. The maximum absolute atomic E-state index is 5.69. The average molecular weight is 285 g/mol. The maximum atomic E-state index is 5.69. The van der Waals surface area contributed by atoms with Crippen molar-refractivity contribution in [3.8, 4) is 11.1 Å². The average Bonchev–Trinajstić information content (AvgIpc) is 2.64. The third-order valence-corrected chi connectivity index (χ3v) is 3.34. The molecule has 0 unspecified atom stereocenters. The molecule has 5 heteroatoms.